The van der Waals surface area contributed by atoms with Gasteiger partial charge in [0.1, 0.15) is 11.5 Å². The molecule has 0 amide bonds. The summed E-state index contributed by atoms with van der Waals surface area (Å²) in [6.45, 7) is 8.57. The molecule has 0 atom stereocenters. The highest BCUT2D eigenvalue weighted by atomic mass is 16.5. The van der Waals surface area contributed by atoms with Gasteiger partial charge in [0, 0.05) is 0 Å². The maximum atomic E-state index is 6.39. The molecule has 1 heteroatoms. The number of rotatable bonds is 6. The van der Waals surface area contributed by atoms with Crippen LogP contribution in [0.5, 0.6) is 11.5 Å². The Bertz CT molecular complexity index is 1190. The van der Waals surface area contributed by atoms with Gasteiger partial charge in [-0.25, -0.2) is 0 Å². The van der Waals surface area contributed by atoms with Crippen molar-refractivity contribution in [2.75, 3.05) is 0 Å². The van der Waals surface area contributed by atoms with Crippen molar-refractivity contribution in [2.24, 2.45) is 0 Å². The monoisotopic (exact) mass is 430 g/mol. The fourth-order valence-corrected chi connectivity index (χ4v) is 3.83. The lowest BCUT2D eigenvalue weighted by Gasteiger charge is -2.16. The van der Waals surface area contributed by atoms with E-state index in [0.29, 0.717) is 0 Å². The van der Waals surface area contributed by atoms with E-state index in [0.717, 1.165) is 22.6 Å². The number of ether oxygens (including phenoxy) is 1. The molecule has 0 spiro atoms. The largest absolute Gasteiger partial charge is 0.457 e. The van der Waals surface area contributed by atoms with E-state index in [1.165, 1.54) is 33.4 Å². The normalized spacial score (nSPS) is 11.4. The van der Waals surface area contributed by atoms with Crippen LogP contribution in [-0.4, -0.2) is 0 Å². The van der Waals surface area contributed by atoms with Crippen molar-refractivity contribution in [3.05, 3.63) is 129 Å². The van der Waals surface area contributed by atoms with Gasteiger partial charge in [0.05, 0.1) is 0 Å². The molecule has 0 aliphatic carbocycles. The molecule has 0 aliphatic heterocycles. The molecule has 0 fully saturated rings. The predicted molar refractivity (Wildman–Crippen MR) is 143 cm³/mol. The Kier molecular flexibility index (Phi) is 6.90. The Labute approximate surface area is 197 Å². The second kappa shape index (κ2) is 10.2. The standard InChI is InChI=1S/C32H30O/c1-23-25(3)31(21-19-29(23)17-15-27-11-7-5-8-12-27)33-32-22-20-30(24(2)26(32)4)18-16-28-13-9-6-10-14-28/h5-22H,1-4H3/b17-15+,18-16+. The van der Waals surface area contributed by atoms with Crippen molar-refractivity contribution in [1.29, 1.82) is 0 Å². The molecule has 0 aromatic heterocycles. The minimum atomic E-state index is 0.902. The SMILES string of the molecule is Cc1c(/C=C/c2ccccc2)ccc(Oc2ccc(/C=C/c3ccccc3)c(C)c2C)c1C. The molecule has 0 saturated heterocycles. The molecule has 0 radical (unpaired) electrons. The molecule has 0 unspecified atom stereocenters. The lowest BCUT2D eigenvalue weighted by Crippen LogP contribution is -1.96. The molecule has 4 aromatic carbocycles. The summed E-state index contributed by atoms with van der Waals surface area (Å²) in [5.74, 6) is 1.80. The lowest BCUT2D eigenvalue weighted by molar-refractivity contribution is 0.474. The van der Waals surface area contributed by atoms with Gasteiger partial charge in [-0.1, -0.05) is 97.1 Å². The minimum Gasteiger partial charge on any atom is -0.457 e. The van der Waals surface area contributed by atoms with E-state index < -0.39 is 0 Å². The fourth-order valence-electron chi connectivity index (χ4n) is 3.83. The van der Waals surface area contributed by atoms with Crippen LogP contribution in [0.4, 0.5) is 0 Å². The summed E-state index contributed by atoms with van der Waals surface area (Å²) in [6.07, 6.45) is 8.64. The fraction of sp³-hybridized carbons (Fsp3) is 0.125. The van der Waals surface area contributed by atoms with Crippen molar-refractivity contribution in [3.63, 3.8) is 0 Å². The number of hydrogen-bond donors (Lipinski definition) is 0. The van der Waals surface area contributed by atoms with Crippen LogP contribution in [-0.2, 0) is 0 Å². The molecule has 0 heterocycles. The summed E-state index contributed by atoms with van der Waals surface area (Å²) in [5, 5.41) is 0. The van der Waals surface area contributed by atoms with Crippen molar-refractivity contribution < 1.29 is 4.74 Å². The maximum Gasteiger partial charge on any atom is 0.130 e. The first-order valence-electron chi connectivity index (χ1n) is 11.4. The Morgan fingerprint density at radius 2 is 0.818 bits per heavy atom. The maximum absolute atomic E-state index is 6.39. The topological polar surface area (TPSA) is 9.23 Å². The molecule has 33 heavy (non-hydrogen) atoms. The molecule has 0 N–H and O–H groups in total. The highest BCUT2D eigenvalue weighted by Gasteiger charge is 2.11. The molecular formula is C32H30O. The van der Waals surface area contributed by atoms with Crippen molar-refractivity contribution in [2.45, 2.75) is 27.7 Å². The highest BCUT2D eigenvalue weighted by Crippen LogP contribution is 2.33. The van der Waals surface area contributed by atoms with Gasteiger partial charge in [0.25, 0.3) is 0 Å². The van der Waals surface area contributed by atoms with E-state index in [1.807, 2.05) is 12.1 Å². The summed E-state index contributed by atoms with van der Waals surface area (Å²) in [6, 6.07) is 29.2. The smallest absolute Gasteiger partial charge is 0.130 e. The third-order valence-corrected chi connectivity index (χ3v) is 6.29. The predicted octanol–water partition coefficient (Wildman–Crippen LogP) is 9.05. The van der Waals surface area contributed by atoms with Crippen LogP contribution in [0.15, 0.2) is 84.9 Å². The van der Waals surface area contributed by atoms with Gasteiger partial charge in [-0.2, -0.15) is 0 Å². The average molecular weight is 431 g/mol. The molecule has 4 aromatic rings. The van der Waals surface area contributed by atoms with Gasteiger partial charge in [0.2, 0.25) is 0 Å². The van der Waals surface area contributed by atoms with Gasteiger partial charge in [-0.05, 0) is 84.3 Å². The van der Waals surface area contributed by atoms with Crippen molar-refractivity contribution >= 4 is 24.3 Å². The van der Waals surface area contributed by atoms with Gasteiger partial charge in [-0.3, -0.25) is 0 Å². The summed E-state index contributed by atoms with van der Waals surface area (Å²) in [4.78, 5) is 0. The van der Waals surface area contributed by atoms with E-state index in [1.54, 1.807) is 0 Å². The van der Waals surface area contributed by atoms with Crippen LogP contribution in [0.1, 0.15) is 44.5 Å². The Balaban J connectivity index is 1.55. The van der Waals surface area contributed by atoms with Crippen molar-refractivity contribution in [3.8, 4) is 11.5 Å². The van der Waals surface area contributed by atoms with Gasteiger partial charge in [-0.15, -0.1) is 0 Å². The van der Waals surface area contributed by atoms with E-state index in [9.17, 15) is 0 Å². The van der Waals surface area contributed by atoms with Crippen LogP contribution < -0.4 is 4.74 Å². The molecular weight excluding hydrogens is 400 g/mol. The van der Waals surface area contributed by atoms with E-state index in [4.69, 9.17) is 4.74 Å². The molecule has 0 bridgehead atoms. The molecule has 1 nitrogen and oxygen atoms in total. The zero-order chi connectivity index (χ0) is 23.2. The molecule has 0 saturated carbocycles. The molecule has 4 rings (SSSR count). The van der Waals surface area contributed by atoms with Crippen molar-refractivity contribution in [1.82, 2.24) is 0 Å². The van der Waals surface area contributed by atoms with Gasteiger partial charge < -0.3 is 4.74 Å². The van der Waals surface area contributed by atoms with Crippen LogP contribution in [0.3, 0.4) is 0 Å². The first kappa shape index (κ1) is 22.4. The summed E-state index contributed by atoms with van der Waals surface area (Å²) >= 11 is 0. The number of benzene rings is 4. The van der Waals surface area contributed by atoms with E-state index >= 15 is 0 Å². The van der Waals surface area contributed by atoms with Gasteiger partial charge in [0.15, 0.2) is 0 Å². The summed E-state index contributed by atoms with van der Waals surface area (Å²) in [7, 11) is 0. The van der Waals surface area contributed by atoms with Crippen LogP contribution in [0.2, 0.25) is 0 Å². The quantitative estimate of drug-likeness (QED) is 0.277. The first-order valence-corrected chi connectivity index (χ1v) is 11.4. The molecule has 164 valence electrons. The second-order valence-electron chi connectivity index (χ2n) is 8.40. The van der Waals surface area contributed by atoms with Crippen LogP contribution in [0.25, 0.3) is 24.3 Å². The third-order valence-electron chi connectivity index (χ3n) is 6.29. The van der Waals surface area contributed by atoms with E-state index in [-0.39, 0.29) is 0 Å². The lowest BCUT2D eigenvalue weighted by atomic mass is 10.00. The minimum absolute atomic E-state index is 0.902. The van der Waals surface area contributed by atoms with Crippen LogP contribution in [0, 0.1) is 27.7 Å². The Morgan fingerprint density at radius 1 is 0.424 bits per heavy atom. The summed E-state index contributed by atoms with van der Waals surface area (Å²) in [5.41, 5.74) is 9.60. The number of hydrogen-bond acceptors (Lipinski definition) is 1. The Morgan fingerprint density at radius 3 is 1.21 bits per heavy atom. The molecule has 0 aliphatic rings. The third kappa shape index (κ3) is 5.32. The average Bonchev–Trinajstić information content (AvgIpc) is 2.85. The van der Waals surface area contributed by atoms with Gasteiger partial charge >= 0.3 is 0 Å². The first-order chi connectivity index (χ1) is 16.0. The Hall–Kier alpha value is -3.84. The zero-order valence-corrected chi connectivity index (χ0v) is 19.8. The highest BCUT2D eigenvalue weighted by molar-refractivity contribution is 5.73. The zero-order valence-electron chi connectivity index (χ0n) is 19.8. The van der Waals surface area contributed by atoms with Crippen LogP contribution >= 0.6 is 0 Å². The van der Waals surface area contributed by atoms with E-state index in [2.05, 4.69) is 125 Å². The second-order valence-corrected chi connectivity index (χ2v) is 8.40. The summed E-state index contributed by atoms with van der Waals surface area (Å²) < 4.78 is 6.39.